The Morgan fingerprint density at radius 3 is 2.61 bits per heavy atom. The van der Waals surface area contributed by atoms with Gasteiger partial charge >= 0.3 is 0 Å². The summed E-state index contributed by atoms with van der Waals surface area (Å²) < 4.78 is 6.36. The Morgan fingerprint density at radius 1 is 0.972 bits per heavy atom. The number of pyridine rings is 1. The molecule has 8 heteroatoms. The normalized spacial score (nSPS) is 23.4. The number of anilines is 3. The van der Waals surface area contributed by atoms with Gasteiger partial charge in [0, 0.05) is 62.0 Å². The van der Waals surface area contributed by atoms with Crippen LogP contribution in [0, 0.1) is 0 Å². The second-order valence-electron chi connectivity index (χ2n) is 10.0. The number of hydrogen-bond donors (Lipinski definition) is 2. The van der Waals surface area contributed by atoms with Crippen LogP contribution in [0.2, 0.25) is 0 Å². The summed E-state index contributed by atoms with van der Waals surface area (Å²) in [5, 5.41) is 6.68. The van der Waals surface area contributed by atoms with Gasteiger partial charge in [0.1, 0.15) is 17.7 Å². The highest BCUT2D eigenvalue weighted by Crippen LogP contribution is 2.45. The minimum atomic E-state index is -0.211. The van der Waals surface area contributed by atoms with Gasteiger partial charge in [-0.05, 0) is 68.4 Å². The fourth-order valence-electron chi connectivity index (χ4n) is 5.37. The molecule has 0 amide bonds. The van der Waals surface area contributed by atoms with Gasteiger partial charge in [0.05, 0.1) is 5.54 Å². The molecule has 1 spiro atoms. The average molecular weight is 485 g/mol. The molecule has 1 saturated heterocycles. The molecule has 186 valence electrons. The fraction of sp³-hybridized carbons (Fsp3) is 0.429. The first-order valence-electron chi connectivity index (χ1n) is 13.0. The zero-order valence-electron chi connectivity index (χ0n) is 20.4. The third-order valence-electron chi connectivity index (χ3n) is 7.56. The number of aromatic nitrogens is 3. The van der Waals surface area contributed by atoms with Crippen molar-refractivity contribution in [3.63, 3.8) is 0 Å². The van der Waals surface area contributed by atoms with Crippen molar-refractivity contribution >= 4 is 23.2 Å². The molecule has 2 N–H and O–H groups in total. The molecule has 0 atom stereocenters. The van der Waals surface area contributed by atoms with Gasteiger partial charge in [-0.15, -0.1) is 0 Å². The number of rotatable bonds is 0. The number of ketones is 1. The van der Waals surface area contributed by atoms with E-state index in [1.165, 1.54) is 0 Å². The van der Waals surface area contributed by atoms with E-state index in [4.69, 9.17) is 4.74 Å². The number of ether oxygens (including phenoxy) is 1. The number of piperidine rings is 1. The quantitative estimate of drug-likeness (QED) is 0.469. The van der Waals surface area contributed by atoms with Crippen LogP contribution in [0.4, 0.5) is 17.5 Å². The molecule has 0 radical (unpaired) electrons. The second kappa shape index (κ2) is 9.85. The number of benzene rings is 1. The zero-order valence-corrected chi connectivity index (χ0v) is 20.4. The molecular weight excluding hydrogens is 452 g/mol. The highest BCUT2D eigenvalue weighted by Gasteiger charge is 2.53. The molecule has 0 unspecified atom stereocenters. The molecule has 36 heavy (non-hydrogen) atoms. The monoisotopic (exact) mass is 484 g/mol. The van der Waals surface area contributed by atoms with Crippen LogP contribution >= 0.6 is 0 Å². The third-order valence-corrected chi connectivity index (χ3v) is 7.56. The van der Waals surface area contributed by atoms with Crippen molar-refractivity contribution in [2.75, 3.05) is 30.3 Å². The van der Waals surface area contributed by atoms with Crippen molar-refractivity contribution in [3.05, 3.63) is 55.0 Å². The van der Waals surface area contributed by atoms with Crippen LogP contribution in [-0.4, -0.2) is 56.9 Å². The van der Waals surface area contributed by atoms with E-state index < -0.39 is 0 Å². The van der Waals surface area contributed by atoms with Crippen molar-refractivity contribution in [3.8, 4) is 16.9 Å². The van der Waals surface area contributed by atoms with Crippen LogP contribution in [0.3, 0.4) is 0 Å². The Bertz CT molecular complexity index is 1220. The van der Waals surface area contributed by atoms with Crippen molar-refractivity contribution in [2.45, 2.75) is 56.6 Å². The van der Waals surface area contributed by atoms with Gasteiger partial charge in [-0.25, -0.2) is 15.0 Å². The van der Waals surface area contributed by atoms with Gasteiger partial charge in [0.15, 0.2) is 5.78 Å². The highest BCUT2D eigenvalue weighted by atomic mass is 16.5. The first kappa shape index (κ1) is 22.9. The lowest BCUT2D eigenvalue weighted by Gasteiger charge is -2.37. The van der Waals surface area contributed by atoms with Gasteiger partial charge in [-0.1, -0.05) is 6.07 Å². The van der Waals surface area contributed by atoms with E-state index >= 15 is 0 Å². The lowest BCUT2D eigenvalue weighted by molar-refractivity contribution is -0.127. The Balaban J connectivity index is 1.23. The first-order chi connectivity index (χ1) is 17.7. The molecule has 6 aliphatic rings. The maximum Gasteiger partial charge on any atom is 0.222 e. The van der Waals surface area contributed by atoms with E-state index in [-0.39, 0.29) is 11.6 Å². The van der Waals surface area contributed by atoms with E-state index in [9.17, 15) is 4.79 Å². The van der Waals surface area contributed by atoms with E-state index in [0.29, 0.717) is 18.2 Å². The maximum absolute atomic E-state index is 13.1. The molecule has 5 aliphatic heterocycles. The predicted octanol–water partition coefficient (Wildman–Crippen LogP) is 4.82. The molecule has 1 aliphatic carbocycles. The smallest absolute Gasteiger partial charge is 0.222 e. The summed E-state index contributed by atoms with van der Waals surface area (Å²) in [4.78, 5) is 29.0. The number of Topliss-reactive ketones (excluding diaryl/α,β-unsaturated/α-hetero) is 1. The topological polar surface area (TPSA) is 92.3 Å². The molecule has 9 rings (SSSR count). The standard InChI is InChI=1S/C28H32N6O2/c35-25-6-1-2-12-30-27-31-18-21(19-32-27)20-7-13-29-26(16-20)33-22-4-3-5-24(17-22)36-23-8-14-34(15-9-23)28(25)10-11-28/h3-5,7,13,16-19,23H,1-2,6,8-12,14-15H2,(H,29,33)(H,30,31,32). The Kier molecular flexibility index (Phi) is 6.27. The van der Waals surface area contributed by atoms with Crippen molar-refractivity contribution in [1.29, 1.82) is 0 Å². The SMILES string of the molecule is O=C1CCCCNc2ncc(cn2)-c2ccnc(c2)Nc2cccc(c2)OC2CCN(CC2)C12CC2. The molecule has 3 aromatic rings. The summed E-state index contributed by atoms with van der Waals surface area (Å²) in [6, 6.07) is 12.0. The number of carbonyl (C=O) groups is 1. The molecular formula is C28H32N6O2. The lowest BCUT2D eigenvalue weighted by Crippen LogP contribution is -2.49. The minimum Gasteiger partial charge on any atom is -0.490 e. The van der Waals surface area contributed by atoms with Crippen LogP contribution in [0.25, 0.3) is 11.1 Å². The van der Waals surface area contributed by atoms with Crippen LogP contribution in [0.15, 0.2) is 55.0 Å². The third kappa shape index (κ3) is 4.91. The second-order valence-corrected chi connectivity index (χ2v) is 10.0. The van der Waals surface area contributed by atoms with Gasteiger partial charge in [0.2, 0.25) is 5.95 Å². The Hall–Kier alpha value is -3.52. The number of hydrogen-bond acceptors (Lipinski definition) is 8. The van der Waals surface area contributed by atoms with E-state index in [0.717, 1.165) is 86.5 Å². The molecule has 2 fully saturated rings. The summed E-state index contributed by atoms with van der Waals surface area (Å²) in [6.07, 6.45) is 11.9. The van der Waals surface area contributed by atoms with E-state index in [1.54, 1.807) is 6.20 Å². The highest BCUT2D eigenvalue weighted by molar-refractivity contribution is 5.91. The molecule has 1 saturated carbocycles. The molecule has 8 nitrogen and oxygen atoms in total. The van der Waals surface area contributed by atoms with Crippen LogP contribution in [-0.2, 0) is 4.79 Å². The maximum atomic E-state index is 13.1. The Morgan fingerprint density at radius 2 is 1.81 bits per heavy atom. The van der Waals surface area contributed by atoms with Crippen molar-refractivity contribution in [1.82, 2.24) is 19.9 Å². The van der Waals surface area contributed by atoms with Crippen LogP contribution in [0.5, 0.6) is 5.75 Å². The summed E-state index contributed by atoms with van der Waals surface area (Å²) in [7, 11) is 0. The fourth-order valence-corrected chi connectivity index (χ4v) is 5.37. The molecule has 2 aromatic heterocycles. The minimum absolute atomic E-state index is 0.166. The van der Waals surface area contributed by atoms with Crippen LogP contribution < -0.4 is 15.4 Å². The first-order valence-corrected chi connectivity index (χ1v) is 13.0. The van der Waals surface area contributed by atoms with E-state index in [2.05, 4.69) is 30.5 Å². The van der Waals surface area contributed by atoms with Crippen molar-refractivity contribution < 1.29 is 9.53 Å². The summed E-state index contributed by atoms with van der Waals surface area (Å²) in [5.74, 6) is 2.61. The summed E-state index contributed by atoms with van der Waals surface area (Å²) >= 11 is 0. The lowest BCUT2D eigenvalue weighted by atomic mass is 9.98. The number of carbonyl (C=O) groups excluding carboxylic acids is 1. The predicted molar refractivity (Wildman–Crippen MR) is 140 cm³/mol. The number of nitrogens with one attached hydrogen (secondary N) is 2. The molecule has 7 heterocycles. The van der Waals surface area contributed by atoms with Gasteiger partial charge < -0.3 is 15.4 Å². The Labute approximate surface area is 211 Å². The summed E-state index contributed by atoms with van der Waals surface area (Å²) in [5.41, 5.74) is 2.62. The molecule has 8 bridgehead atoms. The largest absolute Gasteiger partial charge is 0.490 e. The van der Waals surface area contributed by atoms with Gasteiger partial charge in [-0.2, -0.15) is 0 Å². The molecule has 1 aromatic carbocycles. The van der Waals surface area contributed by atoms with Crippen molar-refractivity contribution in [2.24, 2.45) is 0 Å². The van der Waals surface area contributed by atoms with Gasteiger partial charge in [-0.3, -0.25) is 9.69 Å². The zero-order chi connectivity index (χ0) is 24.4. The van der Waals surface area contributed by atoms with E-state index in [1.807, 2.05) is 48.8 Å². The average Bonchev–Trinajstić information content (AvgIpc) is 3.71. The van der Waals surface area contributed by atoms with Gasteiger partial charge in [0.25, 0.3) is 0 Å². The number of nitrogens with zero attached hydrogens (tertiary/aromatic N) is 4. The van der Waals surface area contributed by atoms with Crippen LogP contribution in [0.1, 0.15) is 44.9 Å². The summed E-state index contributed by atoms with van der Waals surface area (Å²) in [6.45, 7) is 2.59.